The second-order valence-corrected chi connectivity index (χ2v) is 6.59. The molecule has 2 aliphatic rings. The van der Waals surface area contributed by atoms with Gasteiger partial charge < -0.3 is 15.5 Å². The maximum atomic E-state index is 11.7. The summed E-state index contributed by atoms with van der Waals surface area (Å²) in [6.45, 7) is 3.46. The number of nitrogens with zero attached hydrogens (tertiary/aromatic N) is 1. The van der Waals surface area contributed by atoms with Crippen LogP contribution in [0, 0.1) is 5.92 Å². The summed E-state index contributed by atoms with van der Waals surface area (Å²) >= 11 is 0. The molecule has 1 aliphatic heterocycles. The minimum Gasteiger partial charge on any atom is -0.351 e. The molecule has 0 radical (unpaired) electrons. The van der Waals surface area contributed by atoms with E-state index in [2.05, 4.69) is 10.6 Å². The van der Waals surface area contributed by atoms with E-state index in [-0.39, 0.29) is 11.8 Å². The van der Waals surface area contributed by atoms with Crippen LogP contribution < -0.4 is 10.6 Å². The number of benzene rings is 1. The lowest BCUT2D eigenvalue weighted by Gasteiger charge is -2.15. The predicted octanol–water partition coefficient (Wildman–Crippen LogP) is 1.42. The Labute approximate surface area is 137 Å². The Bertz CT molecular complexity index is 552. The summed E-state index contributed by atoms with van der Waals surface area (Å²) in [5.41, 5.74) is 2.22. The van der Waals surface area contributed by atoms with Gasteiger partial charge in [0, 0.05) is 26.1 Å². The van der Waals surface area contributed by atoms with E-state index in [1.165, 1.54) is 12.8 Å². The molecule has 124 valence electrons. The molecule has 1 aliphatic carbocycles. The van der Waals surface area contributed by atoms with Crippen LogP contribution in [0.2, 0.25) is 0 Å². The largest absolute Gasteiger partial charge is 0.351 e. The fraction of sp³-hybridized carbons (Fsp3) is 0.556. The van der Waals surface area contributed by atoms with Crippen LogP contribution in [-0.4, -0.2) is 36.3 Å². The molecule has 0 atom stereocenters. The van der Waals surface area contributed by atoms with Gasteiger partial charge in [0.2, 0.25) is 11.8 Å². The van der Waals surface area contributed by atoms with Crippen molar-refractivity contribution in [3.63, 3.8) is 0 Å². The van der Waals surface area contributed by atoms with Crippen molar-refractivity contribution in [3.8, 4) is 0 Å². The van der Waals surface area contributed by atoms with Gasteiger partial charge in [0.25, 0.3) is 0 Å². The maximum absolute atomic E-state index is 11.7. The molecule has 1 aromatic carbocycles. The number of carbonyl (C=O) groups excluding carboxylic acids is 2. The first-order chi connectivity index (χ1) is 11.2. The molecule has 5 nitrogen and oxygen atoms in total. The Kier molecular flexibility index (Phi) is 5.28. The van der Waals surface area contributed by atoms with Gasteiger partial charge in [0.1, 0.15) is 0 Å². The van der Waals surface area contributed by atoms with E-state index in [0.717, 1.165) is 36.6 Å². The normalized spacial score (nSPS) is 17.6. The van der Waals surface area contributed by atoms with Crippen molar-refractivity contribution in [3.05, 3.63) is 35.4 Å². The van der Waals surface area contributed by atoms with Crippen LogP contribution in [0.25, 0.3) is 0 Å². The standard InChI is InChI=1S/C18H25N3O2/c22-17(12-19-10-14-3-4-14)20-11-15-5-7-16(8-6-15)13-21-9-1-2-18(21)23/h5-8,14,19H,1-4,9-13H2,(H,20,22). The molecule has 0 spiro atoms. The Morgan fingerprint density at radius 3 is 2.57 bits per heavy atom. The fourth-order valence-electron chi connectivity index (χ4n) is 2.83. The molecule has 0 bridgehead atoms. The number of nitrogens with one attached hydrogen (secondary N) is 2. The van der Waals surface area contributed by atoms with Crippen LogP contribution >= 0.6 is 0 Å². The molecule has 3 rings (SSSR count). The highest BCUT2D eigenvalue weighted by molar-refractivity contribution is 5.78. The summed E-state index contributed by atoms with van der Waals surface area (Å²) in [7, 11) is 0. The molecule has 1 saturated heterocycles. The van der Waals surface area contributed by atoms with Gasteiger partial charge in [-0.1, -0.05) is 24.3 Å². The Morgan fingerprint density at radius 2 is 1.91 bits per heavy atom. The summed E-state index contributed by atoms with van der Waals surface area (Å²) in [6, 6.07) is 8.12. The highest BCUT2D eigenvalue weighted by Crippen LogP contribution is 2.27. The van der Waals surface area contributed by atoms with Crippen molar-refractivity contribution in [2.45, 2.75) is 38.8 Å². The number of hydrogen-bond donors (Lipinski definition) is 2. The minimum absolute atomic E-state index is 0.0392. The average Bonchev–Trinajstić information content (AvgIpc) is 3.29. The SMILES string of the molecule is O=C(CNCC1CC1)NCc1ccc(CN2CCCC2=O)cc1. The van der Waals surface area contributed by atoms with Crippen molar-refractivity contribution >= 4 is 11.8 Å². The lowest BCUT2D eigenvalue weighted by molar-refractivity contribution is -0.128. The molecule has 23 heavy (non-hydrogen) atoms. The van der Waals surface area contributed by atoms with Crippen LogP contribution in [0.4, 0.5) is 0 Å². The number of rotatable bonds is 8. The van der Waals surface area contributed by atoms with Crippen molar-refractivity contribution in [1.29, 1.82) is 0 Å². The van der Waals surface area contributed by atoms with Crippen LogP contribution in [0.3, 0.4) is 0 Å². The molecule has 1 aromatic rings. The van der Waals surface area contributed by atoms with Crippen molar-refractivity contribution in [2.75, 3.05) is 19.6 Å². The Hall–Kier alpha value is -1.88. The zero-order chi connectivity index (χ0) is 16.1. The lowest BCUT2D eigenvalue weighted by atomic mass is 10.1. The first-order valence-electron chi connectivity index (χ1n) is 8.54. The molecular weight excluding hydrogens is 290 g/mol. The summed E-state index contributed by atoms with van der Waals surface area (Å²) in [5, 5.41) is 6.11. The number of likely N-dealkylation sites (tertiary alicyclic amines) is 1. The first kappa shape index (κ1) is 16.0. The molecule has 1 saturated carbocycles. The molecule has 0 unspecified atom stereocenters. The third kappa shape index (κ3) is 5.06. The molecule has 5 heteroatoms. The summed E-state index contributed by atoms with van der Waals surface area (Å²) in [6.07, 6.45) is 4.24. The topological polar surface area (TPSA) is 61.4 Å². The van der Waals surface area contributed by atoms with Crippen molar-refractivity contribution in [2.24, 2.45) is 5.92 Å². The van der Waals surface area contributed by atoms with E-state index in [1.807, 2.05) is 29.2 Å². The van der Waals surface area contributed by atoms with Gasteiger partial charge >= 0.3 is 0 Å². The van der Waals surface area contributed by atoms with Crippen LogP contribution in [0.1, 0.15) is 36.8 Å². The second kappa shape index (κ2) is 7.59. The lowest BCUT2D eigenvalue weighted by Crippen LogP contribution is -2.34. The van der Waals surface area contributed by atoms with E-state index >= 15 is 0 Å². The first-order valence-corrected chi connectivity index (χ1v) is 8.54. The molecule has 2 amide bonds. The Balaban J connectivity index is 1.38. The van der Waals surface area contributed by atoms with Gasteiger partial charge in [-0.05, 0) is 42.9 Å². The zero-order valence-electron chi connectivity index (χ0n) is 13.5. The van der Waals surface area contributed by atoms with Crippen LogP contribution in [0.15, 0.2) is 24.3 Å². The van der Waals surface area contributed by atoms with Gasteiger partial charge in [0.05, 0.1) is 6.54 Å². The van der Waals surface area contributed by atoms with E-state index in [9.17, 15) is 9.59 Å². The highest BCUT2D eigenvalue weighted by Gasteiger charge is 2.21. The Morgan fingerprint density at radius 1 is 1.17 bits per heavy atom. The molecule has 2 N–H and O–H groups in total. The van der Waals surface area contributed by atoms with E-state index < -0.39 is 0 Å². The average molecular weight is 315 g/mol. The highest BCUT2D eigenvalue weighted by atomic mass is 16.2. The van der Waals surface area contributed by atoms with Crippen LogP contribution in [-0.2, 0) is 22.7 Å². The third-order valence-corrected chi connectivity index (χ3v) is 4.47. The van der Waals surface area contributed by atoms with Gasteiger partial charge in [-0.15, -0.1) is 0 Å². The van der Waals surface area contributed by atoms with Crippen molar-refractivity contribution in [1.82, 2.24) is 15.5 Å². The summed E-state index contributed by atoms with van der Waals surface area (Å²) in [5.74, 6) is 1.08. The van der Waals surface area contributed by atoms with Gasteiger partial charge in [0.15, 0.2) is 0 Å². The number of amides is 2. The molecule has 2 fully saturated rings. The van der Waals surface area contributed by atoms with E-state index in [4.69, 9.17) is 0 Å². The van der Waals surface area contributed by atoms with Crippen LogP contribution in [0.5, 0.6) is 0 Å². The summed E-state index contributed by atoms with van der Waals surface area (Å²) < 4.78 is 0. The van der Waals surface area contributed by atoms with Gasteiger partial charge in [-0.3, -0.25) is 9.59 Å². The number of hydrogen-bond acceptors (Lipinski definition) is 3. The zero-order valence-corrected chi connectivity index (χ0v) is 13.5. The number of carbonyl (C=O) groups is 2. The van der Waals surface area contributed by atoms with Gasteiger partial charge in [-0.25, -0.2) is 0 Å². The van der Waals surface area contributed by atoms with Crippen molar-refractivity contribution < 1.29 is 9.59 Å². The maximum Gasteiger partial charge on any atom is 0.234 e. The summed E-state index contributed by atoms with van der Waals surface area (Å²) in [4.78, 5) is 25.3. The fourth-order valence-corrected chi connectivity index (χ4v) is 2.83. The molecule has 1 heterocycles. The third-order valence-electron chi connectivity index (χ3n) is 4.47. The quantitative estimate of drug-likeness (QED) is 0.763. The van der Waals surface area contributed by atoms with E-state index in [1.54, 1.807) is 0 Å². The second-order valence-electron chi connectivity index (χ2n) is 6.59. The minimum atomic E-state index is 0.0392. The monoisotopic (exact) mass is 315 g/mol. The predicted molar refractivity (Wildman–Crippen MR) is 88.5 cm³/mol. The molecular formula is C18H25N3O2. The van der Waals surface area contributed by atoms with Gasteiger partial charge in [-0.2, -0.15) is 0 Å². The van der Waals surface area contributed by atoms with E-state index in [0.29, 0.717) is 26.1 Å². The smallest absolute Gasteiger partial charge is 0.234 e. The molecule has 0 aromatic heterocycles.